The van der Waals surface area contributed by atoms with Crippen LogP contribution in [-0.2, 0) is 17.8 Å². The number of nitrogens with one attached hydrogen (secondary N) is 2. The highest BCUT2D eigenvalue weighted by Gasteiger charge is 2.24. The summed E-state index contributed by atoms with van der Waals surface area (Å²) in [6, 6.07) is 13.6. The summed E-state index contributed by atoms with van der Waals surface area (Å²) in [5, 5.41) is 9.24. The lowest BCUT2D eigenvalue weighted by atomic mass is 9.88. The van der Waals surface area contributed by atoms with Crippen molar-refractivity contribution >= 4 is 16.6 Å². The number of pyridine rings is 1. The van der Waals surface area contributed by atoms with Crippen LogP contribution >= 0.6 is 0 Å². The van der Waals surface area contributed by atoms with Crippen LogP contribution in [0.5, 0.6) is 0 Å². The molecule has 5 aromatic rings. The highest BCUT2D eigenvalue weighted by atomic mass is 16.5. The summed E-state index contributed by atoms with van der Waals surface area (Å²) in [7, 11) is 0. The molecule has 33 heavy (non-hydrogen) atoms. The number of benzene rings is 1. The van der Waals surface area contributed by atoms with Crippen molar-refractivity contribution < 1.29 is 4.74 Å². The standard InChI is InChI=1S/C27H25N5O/c1-3-21-10-20(15-32(21)31-7-1)24-14-30-27-23(24)12-19(13-29-27)18-9-17-5-8-33-16-25(17)22(11-18)26-4-2-6-28-26/h1,3,7,9-15,26,28H,2,4-6,8,16H2,(H,29,30)/t26-/m0/s1. The SMILES string of the molecule is c1cnn2cc(-c3c[nH]c4ncc(-c5cc6c(c([C@@H]7CCCN7)c5)COCC6)cc34)cc2c1. The zero-order valence-corrected chi connectivity index (χ0v) is 18.3. The van der Waals surface area contributed by atoms with Crippen molar-refractivity contribution in [1.82, 2.24) is 24.9 Å². The van der Waals surface area contributed by atoms with Crippen LogP contribution in [0.2, 0.25) is 0 Å². The lowest BCUT2D eigenvalue weighted by Crippen LogP contribution is -2.19. The van der Waals surface area contributed by atoms with Crippen LogP contribution in [0, 0.1) is 0 Å². The number of hydrogen-bond donors (Lipinski definition) is 2. The number of ether oxygens (including phenoxy) is 1. The molecule has 6 heteroatoms. The van der Waals surface area contributed by atoms with Gasteiger partial charge in [-0.3, -0.25) is 0 Å². The highest BCUT2D eigenvalue weighted by molar-refractivity contribution is 5.96. The van der Waals surface area contributed by atoms with E-state index in [-0.39, 0.29) is 0 Å². The lowest BCUT2D eigenvalue weighted by Gasteiger charge is -2.24. The first-order valence-corrected chi connectivity index (χ1v) is 11.7. The predicted octanol–water partition coefficient (Wildman–Crippen LogP) is 5.04. The molecule has 0 spiro atoms. The van der Waals surface area contributed by atoms with Gasteiger partial charge in [-0.25, -0.2) is 9.50 Å². The minimum absolute atomic E-state index is 0.418. The second-order valence-electron chi connectivity index (χ2n) is 9.10. The third kappa shape index (κ3) is 3.17. The fourth-order valence-corrected chi connectivity index (χ4v) is 5.43. The average Bonchev–Trinajstić information content (AvgIpc) is 3.62. The molecular weight excluding hydrogens is 410 g/mol. The fourth-order valence-electron chi connectivity index (χ4n) is 5.43. The molecule has 0 radical (unpaired) electrons. The van der Waals surface area contributed by atoms with E-state index in [9.17, 15) is 0 Å². The van der Waals surface area contributed by atoms with Crippen molar-refractivity contribution in [3.8, 4) is 22.3 Å². The van der Waals surface area contributed by atoms with Gasteiger partial charge in [0, 0.05) is 52.9 Å². The predicted molar refractivity (Wildman–Crippen MR) is 129 cm³/mol. The van der Waals surface area contributed by atoms with E-state index >= 15 is 0 Å². The van der Waals surface area contributed by atoms with Gasteiger partial charge in [0.2, 0.25) is 0 Å². The van der Waals surface area contributed by atoms with Gasteiger partial charge in [0.1, 0.15) is 5.65 Å². The van der Waals surface area contributed by atoms with Gasteiger partial charge in [0.05, 0.1) is 18.7 Å². The third-order valence-electron chi connectivity index (χ3n) is 7.12. The van der Waals surface area contributed by atoms with E-state index in [2.05, 4.69) is 51.9 Å². The molecule has 4 aromatic heterocycles. The van der Waals surface area contributed by atoms with Gasteiger partial charge in [0.15, 0.2) is 0 Å². The molecule has 164 valence electrons. The molecule has 0 amide bonds. The van der Waals surface area contributed by atoms with Crippen molar-refractivity contribution in [2.24, 2.45) is 0 Å². The molecule has 0 unspecified atom stereocenters. The topological polar surface area (TPSA) is 67.2 Å². The van der Waals surface area contributed by atoms with Crippen LogP contribution in [0.1, 0.15) is 35.6 Å². The number of rotatable bonds is 3. The fraction of sp³-hybridized carbons (Fsp3) is 0.259. The first-order valence-electron chi connectivity index (χ1n) is 11.7. The van der Waals surface area contributed by atoms with Crippen molar-refractivity contribution in [3.63, 3.8) is 0 Å². The van der Waals surface area contributed by atoms with Crippen LogP contribution in [0.15, 0.2) is 61.2 Å². The molecule has 2 aliphatic heterocycles. The smallest absolute Gasteiger partial charge is 0.137 e. The second kappa shape index (κ2) is 7.54. The summed E-state index contributed by atoms with van der Waals surface area (Å²) >= 11 is 0. The minimum Gasteiger partial charge on any atom is -0.376 e. The maximum absolute atomic E-state index is 5.83. The zero-order chi connectivity index (χ0) is 21.8. The van der Waals surface area contributed by atoms with Gasteiger partial charge >= 0.3 is 0 Å². The van der Waals surface area contributed by atoms with Crippen molar-refractivity contribution in [1.29, 1.82) is 0 Å². The van der Waals surface area contributed by atoms with Gasteiger partial charge in [-0.1, -0.05) is 6.07 Å². The minimum atomic E-state index is 0.418. The maximum atomic E-state index is 5.83. The van der Waals surface area contributed by atoms with E-state index in [1.165, 1.54) is 35.1 Å². The second-order valence-corrected chi connectivity index (χ2v) is 9.10. The first kappa shape index (κ1) is 19.0. The number of aromatic amines is 1. The van der Waals surface area contributed by atoms with Gasteiger partial charge in [-0.05, 0) is 78.4 Å². The van der Waals surface area contributed by atoms with Crippen molar-refractivity contribution in [2.75, 3.05) is 13.2 Å². The highest BCUT2D eigenvalue weighted by Crippen LogP contribution is 2.37. The van der Waals surface area contributed by atoms with E-state index in [4.69, 9.17) is 9.72 Å². The van der Waals surface area contributed by atoms with Crippen molar-refractivity contribution in [2.45, 2.75) is 31.9 Å². The quantitative estimate of drug-likeness (QED) is 0.417. The molecule has 7 rings (SSSR count). The third-order valence-corrected chi connectivity index (χ3v) is 7.12. The molecule has 1 aromatic carbocycles. The molecular formula is C27H25N5O. The van der Waals surface area contributed by atoms with E-state index in [1.54, 1.807) is 0 Å². The van der Waals surface area contributed by atoms with Gasteiger partial charge in [-0.2, -0.15) is 5.10 Å². The van der Waals surface area contributed by atoms with Crippen LogP contribution in [-0.4, -0.2) is 32.7 Å². The molecule has 2 aliphatic rings. The molecule has 0 aliphatic carbocycles. The molecule has 6 heterocycles. The Balaban J connectivity index is 1.36. The molecule has 0 saturated carbocycles. The Morgan fingerprint density at radius 2 is 2.09 bits per heavy atom. The Kier molecular flexibility index (Phi) is 4.35. The summed E-state index contributed by atoms with van der Waals surface area (Å²) in [4.78, 5) is 8.13. The van der Waals surface area contributed by atoms with Crippen LogP contribution in [0.4, 0.5) is 0 Å². The monoisotopic (exact) mass is 435 g/mol. The average molecular weight is 436 g/mol. The molecule has 1 saturated heterocycles. The van der Waals surface area contributed by atoms with E-state index in [1.807, 2.05) is 29.2 Å². The molecule has 0 bridgehead atoms. The van der Waals surface area contributed by atoms with E-state index in [0.29, 0.717) is 6.04 Å². The Bertz CT molecular complexity index is 1460. The summed E-state index contributed by atoms with van der Waals surface area (Å²) in [6.07, 6.45) is 11.3. The molecule has 2 N–H and O–H groups in total. The Hall–Kier alpha value is -3.48. The summed E-state index contributed by atoms with van der Waals surface area (Å²) < 4.78 is 7.74. The largest absolute Gasteiger partial charge is 0.376 e. The first-order chi connectivity index (χ1) is 16.3. The number of hydrogen-bond acceptors (Lipinski definition) is 4. The van der Waals surface area contributed by atoms with Gasteiger partial charge in [-0.15, -0.1) is 0 Å². The lowest BCUT2D eigenvalue weighted by molar-refractivity contribution is 0.109. The van der Waals surface area contributed by atoms with Crippen LogP contribution in [0.3, 0.4) is 0 Å². The summed E-state index contributed by atoms with van der Waals surface area (Å²) in [5.41, 5.74) is 10.9. The number of aromatic nitrogens is 4. The summed E-state index contributed by atoms with van der Waals surface area (Å²) in [5.74, 6) is 0. The summed E-state index contributed by atoms with van der Waals surface area (Å²) in [6.45, 7) is 2.60. The number of fused-ring (bicyclic) bond motifs is 3. The zero-order valence-electron chi connectivity index (χ0n) is 18.3. The van der Waals surface area contributed by atoms with Crippen molar-refractivity contribution in [3.05, 3.63) is 77.9 Å². The Labute approximate surface area is 191 Å². The Morgan fingerprint density at radius 1 is 1.09 bits per heavy atom. The Morgan fingerprint density at radius 3 is 3.00 bits per heavy atom. The van der Waals surface area contributed by atoms with Crippen LogP contribution < -0.4 is 5.32 Å². The van der Waals surface area contributed by atoms with Gasteiger partial charge < -0.3 is 15.0 Å². The van der Waals surface area contributed by atoms with Crippen LogP contribution in [0.25, 0.3) is 38.8 Å². The number of H-pyrrole nitrogens is 1. The van der Waals surface area contributed by atoms with Gasteiger partial charge in [0.25, 0.3) is 0 Å². The van der Waals surface area contributed by atoms with E-state index in [0.717, 1.165) is 59.4 Å². The normalized spacial score (nSPS) is 18.2. The maximum Gasteiger partial charge on any atom is 0.137 e. The molecule has 6 nitrogen and oxygen atoms in total. The van der Waals surface area contributed by atoms with E-state index < -0.39 is 0 Å². The number of nitrogens with zero attached hydrogens (tertiary/aromatic N) is 3. The molecule has 1 fully saturated rings. The molecule has 1 atom stereocenters.